The molecule has 0 spiro atoms. The van der Waals surface area contributed by atoms with Gasteiger partial charge in [0, 0.05) is 4.47 Å². The molecule has 0 unspecified atom stereocenters. The van der Waals surface area contributed by atoms with Gasteiger partial charge in [-0.25, -0.2) is 8.42 Å². The van der Waals surface area contributed by atoms with Gasteiger partial charge < -0.3 is 4.74 Å². The SMILES string of the molecule is COc1ccc(Br)cc1S(=O)(=O)C1CCCCC1. The Morgan fingerprint density at radius 3 is 2.50 bits per heavy atom. The lowest BCUT2D eigenvalue weighted by Gasteiger charge is -2.22. The second kappa shape index (κ2) is 5.61. The topological polar surface area (TPSA) is 43.4 Å². The smallest absolute Gasteiger partial charge is 0.184 e. The van der Waals surface area contributed by atoms with Crippen molar-refractivity contribution in [3.8, 4) is 5.75 Å². The van der Waals surface area contributed by atoms with Crippen LogP contribution in [-0.2, 0) is 9.84 Å². The van der Waals surface area contributed by atoms with Crippen molar-refractivity contribution in [3.05, 3.63) is 22.7 Å². The van der Waals surface area contributed by atoms with Gasteiger partial charge in [0.05, 0.1) is 12.4 Å². The quantitative estimate of drug-likeness (QED) is 0.849. The van der Waals surface area contributed by atoms with Crippen LogP contribution in [0.1, 0.15) is 32.1 Å². The first-order valence-corrected chi connectivity index (χ1v) is 8.47. The van der Waals surface area contributed by atoms with Gasteiger partial charge in [-0.05, 0) is 31.0 Å². The van der Waals surface area contributed by atoms with Gasteiger partial charge in [-0.1, -0.05) is 35.2 Å². The van der Waals surface area contributed by atoms with Crippen LogP contribution >= 0.6 is 15.9 Å². The van der Waals surface area contributed by atoms with Gasteiger partial charge in [-0.3, -0.25) is 0 Å². The van der Waals surface area contributed by atoms with Gasteiger partial charge in [0.2, 0.25) is 0 Å². The fourth-order valence-electron chi connectivity index (χ4n) is 2.43. The summed E-state index contributed by atoms with van der Waals surface area (Å²) in [5.74, 6) is 0.434. The van der Waals surface area contributed by atoms with Gasteiger partial charge in [-0.15, -0.1) is 0 Å². The van der Waals surface area contributed by atoms with Crippen LogP contribution in [0.2, 0.25) is 0 Å². The van der Waals surface area contributed by atoms with E-state index in [1.54, 1.807) is 18.2 Å². The summed E-state index contributed by atoms with van der Waals surface area (Å²) in [5, 5.41) is -0.255. The van der Waals surface area contributed by atoms with Crippen molar-refractivity contribution in [3.63, 3.8) is 0 Å². The fourth-order valence-corrected chi connectivity index (χ4v) is 4.98. The molecule has 0 bridgehead atoms. The third-order valence-electron chi connectivity index (χ3n) is 3.42. The Bertz CT molecular complexity index is 519. The second-order valence-electron chi connectivity index (χ2n) is 4.60. The van der Waals surface area contributed by atoms with Crippen LogP contribution < -0.4 is 4.74 Å². The van der Waals surface area contributed by atoms with E-state index in [2.05, 4.69) is 15.9 Å². The maximum Gasteiger partial charge on any atom is 0.184 e. The molecule has 2 rings (SSSR count). The highest BCUT2D eigenvalue weighted by Gasteiger charge is 2.31. The summed E-state index contributed by atoms with van der Waals surface area (Å²) >= 11 is 3.32. The monoisotopic (exact) mass is 332 g/mol. The molecule has 1 fully saturated rings. The standard InChI is InChI=1S/C13H17BrO3S/c1-17-12-8-7-10(14)9-13(12)18(15,16)11-5-3-2-4-6-11/h7-9,11H,2-6H2,1H3. The number of sulfone groups is 1. The van der Waals surface area contributed by atoms with E-state index in [-0.39, 0.29) is 5.25 Å². The molecule has 0 radical (unpaired) electrons. The Kier molecular flexibility index (Phi) is 4.33. The van der Waals surface area contributed by atoms with Crippen LogP contribution in [0, 0.1) is 0 Å². The Morgan fingerprint density at radius 2 is 1.89 bits per heavy atom. The van der Waals surface area contributed by atoms with E-state index in [1.165, 1.54) is 7.11 Å². The first kappa shape index (κ1) is 13.9. The lowest BCUT2D eigenvalue weighted by Crippen LogP contribution is -2.24. The van der Waals surface area contributed by atoms with Gasteiger partial charge in [-0.2, -0.15) is 0 Å². The third kappa shape index (κ3) is 2.72. The molecule has 1 saturated carbocycles. The molecule has 0 atom stereocenters. The van der Waals surface area contributed by atoms with Crippen LogP contribution in [0.3, 0.4) is 0 Å². The molecule has 1 aromatic rings. The fraction of sp³-hybridized carbons (Fsp3) is 0.538. The minimum atomic E-state index is -3.28. The molecular formula is C13H17BrO3S. The predicted molar refractivity (Wildman–Crippen MR) is 74.8 cm³/mol. The molecule has 18 heavy (non-hydrogen) atoms. The van der Waals surface area contributed by atoms with Gasteiger partial charge in [0.25, 0.3) is 0 Å². The molecule has 0 N–H and O–H groups in total. The molecule has 0 aromatic heterocycles. The molecule has 0 aliphatic heterocycles. The van der Waals surface area contributed by atoms with Crippen molar-refractivity contribution >= 4 is 25.8 Å². The van der Waals surface area contributed by atoms with Crippen LogP contribution in [0.15, 0.2) is 27.6 Å². The summed E-state index contributed by atoms with van der Waals surface area (Å²) in [6, 6.07) is 5.13. The number of hydrogen-bond donors (Lipinski definition) is 0. The summed E-state index contributed by atoms with van der Waals surface area (Å²) in [5.41, 5.74) is 0. The number of methoxy groups -OCH3 is 1. The predicted octanol–water partition coefficient (Wildman–Crippen LogP) is 3.56. The van der Waals surface area contributed by atoms with Crippen molar-refractivity contribution in [2.45, 2.75) is 42.2 Å². The summed E-state index contributed by atoms with van der Waals surface area (Å²) in [7, 11) is -1.78. The minimum absolute atomic E-state index is 0.255. The Morgan fingerprint density at radius 1 is 1.22 bits per heavy atom. The van der Waals surface area contributed by atoms with E-state index in [0.717, 1.165) is 36.6 Å². The maximum atomic E-state index is 12.6. The number of benzene rings is 1. The van der Waals surface area contributed by atoms with E-state index >= 15 is 0 Å². The first-order chi connectivity index (χ1) is 8.55. The van der Waals surface area contributed by atoms with E-state index in [1.807, 2.05) is 0 Å². The van der Waals surface area contributed by atoms with Crippen molar-refractivity contribution < 1.29 is 13.2 Å². The number of rotatable bonds is 3. The maximum absolute atomic E-state index is 12.6. The van der Waals surface area contributed by atoms with E-state index in [0.29, 0.717) is 10.6 Å². The Balaban J connectivity index is 2.42. The largest absolute Gasteiger partial charge is 0.495 e. The lowest BCUT2D eigenvalue weighted by atomic mass is 10.0. The van der Waals surface area contributed by atoms with Crippen LogP contribution in [0.4, 0.5) is 0 Å². The number of halogens is 1. The average molecular weight is 333 g/mol. The molecule has 100 valence electrons. The molecular weight excluding hydrogens is 316 g/mol. The zero-order valence-corrected chi connectivity index (χ0v) is 12.8. The van der Waals surface area contributed by atoms with Crippen molar-refractivity contribution in [2.75, 3.05) is 7.11 Å². The highest BCUT2D eigenvalue weighted by molar-refractivity contribution is 9.10. The minimum Gasteiger partial charge on any atom is -0.495 e. The highest BCUT2D eigenvalue weighted by Crippen LogP contribution is 2.34. The Labute approximate surface area is 117 Å². The van der Waals surface area contributed by atoms with Crippen LogP contribution in [0.5, 0.6) is 5.75 Å². The zero-order valence-electron chi connectivity index (χ0n) is 10.4. The zero-order chi connectivity index (χ0) is 13.2. The van der Waals surface area contributed by atoms with E-state index in [4.69, 9.17) is 4.74 Å². The molecule has 0 amide bonds. The molecule has 0 saturated heterocycles. The molecule has 1 aliphatic rings. The van der Waals surface area contributed by atoms with E-state index in [9.17, 15) is 8.42 Å². The van der Waals surface area contributed by atoms with Crippen molar-refractivity contribution in [1.82, 2.24) is 0 Å². The summed E-state index contributed by atoms with van der Waals surface area (Å²) < 4.78 is 31.2. The van der Waals surface area contributed by atoms with Crippen LogP contribution in [-0.4, -0.2) is 20.8 Å². The Hall–Kier alpha value is -0.550. The van der Waals surface area contributed by atoms with Gasteiger partial charge in [0.15, 0.2) is 9.84 Å². The first-order valence-electron chi connectivity index (χ1n) is 6.13. The molecule has 0 heterocycles. The van der Waals surface area contributed by atoms with Crippen LogP contribution in [0.25, 0.3) is 0 Å². The van der Waals surface area contributed by atoms with Gasteiger partial charge >= 0.3 is 0 Å². The highest BCUT2D eigenvalue weighted by atomic mass is 79.9. The number of ether oxygens (including phenoxy) is 1. The summed E-state index contributed by atoms with van der Waals surface area (Å²) in [4.78, 5) is 0.311. The van der Waals surface area contributed by atoms with E-state index < -0.39 is 9.84 Å². The normalized spacial score (nSPS) is 17.7. The molecule has 1 aromatic carbocycles. The lowest BCUT2D eigenvalue weighted by molar-refractivity contribution is 0.401. The third-order valence-corrected chi connectivity index (χ3v) is 6.20. The van der Waals surface area contributed by atoms with Crippen molar-refractivity contribution in [1.29, 1.82) is 0 Å². The molecule has 5 heteroatoms. The number of hydrogen-bond acceptors (Lipinski definition) is 3. The van der Waals surface area contributed by atoms with Gasteiger partial charge in [0.1, 0.15) is 10.6 Å². The average Bonchev–Trinajstić information content (AvgIpc) is 2.39. The molecule has 1 aliphatic carbocycles. The van der Waals surface area contributed by atoms with Crippen molar-refractivity contribution in [2.24, 2.45) is 0 Å². The second-order valence-corrected chi connectivity index (χ2v) is 7.71. The summed E-state index contributed by atoms with van der Waals surface area (Å²) in [6.07, 6.45) is 4.66. The summed E-state index contributed by atoms with van der Waals surface area (Å²) in [6.45, 7) is 0. The molecule has 3 nitrogen and oxygen atoms in total.